The van der Waals surface area contributed by atoms with E-state index in [1.165, 1.54) is 0 Å². The predicted molar refractivity (Wildman–Crippen MR) is 81.5 cm³/mol. The van der Waals surface area contributed by atoms with Gasteiger partial charge in [0.2, 0.25) is 10.0 Å². The Labute approximate surface area is 121 Å². The van der Waals surface area contributed by atoms with E-state index in [0.717, 1.165) is 13.0 Å². The summed E-state index contributed by atoms with van der Waals surface area (Å²) in [6, 6.07) is 6.94. The summed E-state index contributed by atoms with van der Waals surface area (Å²) in [5.41, 5.74) is 0.640. The maximum atomic E-state index is 12.3. The lowest BCUT2D eigenvalue weighted by Gasteiger charge is -2.15. The number of ether oxygens (including phenoxy) is 1. The second-order valence-electron chi connectivity index (χ2n) is 4.84. The highest BCUT2D eigenvalue weighted by atomic mass is 32.2. The van der Waals surface area contributed by atoms with Gasteiger partial charge in [0, 0.05) is 26.8 Å². The monoisotopic (exact) mass is 300 g/mol. The van der Waals surface area contributed by atoms with Gasteiger partial charge in [-0.1, -0.05) is 26.0 Å². The van der Waals surface area contributed by atoms with E-state index >= 15 is 0 Å². The highest BCUT2D eigenvalue weighted by Gasteiger charge is 2.18. The molecule has 0 fully saturated rings. The molecule has 20 heavy (non-hydrogen) atoms. The van der Waals surface area contributed by atoms with Gasteiger partial charge < -0.3 is 10.1 Å². The van der Waals surface area contributed by atoms with Crippen LogP contribution in [0.5, 0.6) is 0 Å². The molecule has 6 heteroatoms. The third-order valence-corrected chi connectivity index (χ3v) is 4.30. The van der Waals surface area contributed by atoms with Crippen LogP contribution in [0.25, 0.3) is 0 Å². The fourth-order valence-electron chi connectivity index (χ4n) is 1.78. The van der Waals surface area contributed by atoms with Gasteiger partial charge in [-0.25, -0.2) is 13.1 Å². The van der Waals surface area contributed by atoms with Crippen molar-refractivity contribution in [2.24, 2.45) is 5.92 Å². The highest BCUT2D eigenvalue weighted by Crippen LogP contribution is 2.20. The molecule has 5 nitrogen and oxygen atoms in total. The van der Waals surface area contributed by atoms with Crippen LogP contribution in [0, 0.1) is 5.92 Å². The fourth-order valence-corrected chi connectivity index (χ4v) is 3.13. The van der Waals surface area contributed by atoms with Crippen LogP contribution in [0.2, 0.25) is 0 Å². The molecule has 0 heterocycles. The van der Waals surface area contributed by atoms with Crippen LogP contribution in [0.15, 0.2) is 29.2 Å². The lowest BCUT2D eigenvalue weighted by Crippen LogP contribution is -2.30. The van der Waals surface area contributed by atoms with Crippen molar-refractivity contribution in [3.05, 3.63) is 24.3 Å². The molecular formula is C14H24N2O3S. The lowest BCUT2D eigenvalue weighted by atomic mass is 10.2. The molecule has 0 aromatic heterocycles. The van der Waals surface area contributed by atoms with E-state index in [1.807, 2.05) is 19.9 Å². The molecule has 0 radical (unpaired) electrons. The number of para-hydroxylation sites is 1. The van der Waals surface area contributed by atoms with Crippen molar-refractivity contribution in [2.45, 2.75) is 25.2 Å². The standard InChI is InChI=1S/C14H24N2O3S/c1-4-9-15-13-7-5-6-8-14(13)20(17,18)16-10-12(2)11-19-3/h5-8,12,15-16H,4,9-11H2,1-3H3. The summed E-state index contributed by atoms with van der Waals surface area (Å²) in [4.78, 5) is 0.290. The van der Waals surface area contributed by atoms with Gasteiger partial charge in [0.15, 0.2) is 0 Å². The van der Waals surface area contributed by atoms with Crippen molar-refractivity contribution in [3.63, 3.8) is 0 Å². The summed E-state index contributed by atoms with van der Waals surface area (Å²) >= 11 is 0. The molecule has 1 unspecified atom stereocenters. The van der Waals surface area contributed by atoms with E-state index in [-0.39, 0.29) is 10.8 Å². The number of rotatable bonds is 9. The van der Waals surface area contributed by atoms with E-state index in [9.17, 15) is 8.42 Å². The summed E-state index contributed by atoms with van der Waals surface area (Å²) in [6.07, 6.45) is 0.937. The van der Waals surface area contributed by atoms with Crippen molar-refractivity contribution in [1.29, 1.82) is 0 Å². The first-order chi connectivity index (χ1) is 9.51. The number of benzene rings is 1. The summed E-state index contributed by atoms with van der Waals surface area (Å²) in [6.45, 7) is 5.60. The zero-order valence-electron chi connectivity index (χ0n) is 12.3. The lowest BCUT2D eigenvalue weighted by molar-refractivity contribution is 0.161. The van der Waals surface area contributed by atoms with E-state index in [4.69, 9.17) is 4.74 Å². The average molecular weight is 300 g/mol. The van der Waals surface area contributed by atoms with Gasteiger partial charge in [0.1, 0.15) is 4.90 Å². The Morgan fingerprint density at radius 2 is 2.00 bits per heavy atom. The quantitative estimate of drug-likeness (QED) is 0.732. The maximum Gasteiger partial charge on any atom is 0.242 e. The van der Waals surface area contributed by atoms with E-state index < -0.39 is 10.0 Å². The van der Waals surface area contributed by atoms with Crippen LogP contribution < -0.4 is 10.0 Å². The SMILES string of the molecule is CCCNc1ccccc1S(=O)(=O)NCC(C)COC. The predicted octanol–water partition coefficient (Wildman–Crippen LogP) is 2.07. The first-order valence-corrected chi connectivity index (χ1v) is 8.31. The molecule has 0 amide bonds. The summed E-state index contributed by atoms with van der Waals surface area (Å²) in [5, 5.41) is 3.14. The maximum absolute atomic E-state index is 12.3. The minimum absolute atomic E-state index is 0.130. The van der Waals surface area contributed by atoms with Crippen LogP contribution in [0.3, 0.4) is 0 Å². The first-order valence-electron chi connectivity index (χ1n) is 6.82. The molecule has 2 N–H and O–H groups in total. The van der Waals surface area contributed by atoms with Crippen molar-refractivity contribution in [1.82, 2.24) is 4.72 Å². The van der Waals surface area contributed by atoms with Crippen molar-refractivity contribution >= 4 is 15.7 Å². The number of sulfonamides is 1. The Balaban J connectivity index is 2.81. The molecule has 0 bridgehead atoms. The molecule has 1 aromatic rings. The first kappa shape index (κ1) is 16.9. The number of hydrogen-bond donors (Lipinski definition) is 2. The molecule has 0 aliphatic carbocycles. The molecule has 114 valence electrons. The highest BCUT2D eigenvalue weighted by molar-refractivity contribution is 7.89. The smallest absolute Gasteiger partial charge is 0.242 e. The van der Waals surface area contributed by atoms with Crippen LogP contribution in [-0.2, 0) is 14.8 Å². The third kappa shape index (κ3) is 5.11. The fraction of sp³-hybridized carbons (Fsp3) is 0.571. The van der Waals surface area contributed by atoms with Crippen molar-refractivity contribution in [2.75, 3.05) is 32.1 Å². The van der Waals surface area contributed by atoms with Gasteiger partial charge in [0.05, 0.1) is 5.69 Å². The van der Waals surface area contributed by atoms with Gasteiger partial charge in [-0.15, -0.1) is 0 Å². The Morgan fingerprint density at radius 1 is 1.30 bits per heavy atom. The summed E-state index contributed by atoms with van der Waals surface area (Å²) < 4.78 is 32.3. The van der Waals surface area contributed by atoms with Crippen LogP contribution in [0.4, 0.5) is 5.69 Å². The minimum atomic E-state index is -3.50. The summed E-state index contributed by atoms with van der Waals surface area (Å²) in [7, 11) is -1.90. The molecule has 1 atom stereocenters. The number of anilines is 1. The molecule has 0 saturated heterocycles. The van der Waals surface area contributed by atoms with E-state index in [2.05, 4.69) is 10.0 Å². The van der Waals surface area contributed by atoms with Gasteiger partial charge >= 0.3 is 0 Å². The second-order valence-corrected chi connectivity index (χ2v) is 6.57. The minimum Gasteiger partial charge on any atom is -0.384 e. The van der Waals surface area contributed by atoms with Gasteiger partial charge in [-0.05, 0) is 24.5 Å². The van der Waals surface area contributed by atoms with Crippen molar-refractivity contribution < 1.29 is 13.2 Å². The zero-order chi connectivity index (χ0) is 15.0. The van der Waals surface area contributed by atoms with Gasteiger partial charge in [-0.3, -0.25) is 0 Å². The molecule has 0 spiro atoms. The van der Waals surface area contributed by atoms with Crippen LogP contribution >= 0.6 is 0 Å². The molecule has 0 aliphatic heterocycles. The van der Waals surface area contributed by atoms with Crippen molar-refractivity contribution in [3.8, 4) is 0 Å². The third-order valence-electron chi connectivity index (χ3n) is 2.82. The van der Waals surface area contributed by atoms with Gasteiger partial charge in [0.25, 0.3) is 0 Å². The molecular weight excluding hydrogens is 276 g/mol. The Morgan fingerprint density at radius 3 is 2.65 bits per heavy atom. The molecule has 0 aliphatic rings. The number of methoxy groups -OCH3 is 1. The zero-order valence-corrected chi connectivity index (χ0v) is 13.2. The largest absolute Gasteiger partial charge is 0.384 e. The van der Waals surface area contributed by atoms with E-state index in [1.54, 1.807) is 25.3 Å². The number of nitrogens with one attached hydrogen (secondary N) is 2. The van der Waals surface area contributed by atoms with Gasteiger partial charge in [-0.2, -0.15) is 0 Å². The Kier molecular flexibility index (Phi) is 6.98. The van der Waals surface area contributed by atoms with E-state index in [0.29, 0.717) is 18.8 Å². The Bertz CT molecular complexity index is 503. The molecule has 1 rings (SSSR count). The van der Waals surface area contributed by atoms with Crippen LogP contribution in [0.1, 0.15) is 20.3 Å². The number of hydrogen-bond acceptors (Lipinski definition) is 4. The molecule has 0 saturated carbocycles. The Hall–Kier alpha value is -1.11. The average Bonchev–Trinajstić information content (AvgIpc) is 2.44. The normalized spacial score (nSPS) is 13.2. The van der Waals surface area contributed by atoms with Crippen LogP contribution in [-0.4, -0.2) is 35.2 Å². The molecule has 1 aromatic carbocycles. The topological polar surface area (TPSA) is 67.4 Å². The second kappa shape index (κ2) is 8.24. The summed E-state index contributed by atoms with van der Waals surface area (Å²) in [5.74, 6) is 0.130.